The van der Waals surface area contributed by atoms with Crippen LogP contribution in [0.3, 0.4) is 0 Å². The summed E-state index contributed by atoms with van der Waals surface area (Å²) in [5, 5.41) is 4.46. The van der Waals surface area contributed by atoms with Crippen LogP contribution in [0.4, 0.5) is 4.39 Å². The Morgan fingerprint density at radius 1 is 0.833 bits per heavy atom. The van der Waals surface area contributed by atoms with Crippen LogP contribution in [0.1, 0.15) is 25.5 Å². The zero-order valence-corrected chi connectivity index (χ0v) is 13.6. The first kappa shape index (κ1) is 14.8. The Morgan fingerprint density at radius 2 is 1.62 bits per heavy atom. The van der Waals surface area contributed by atoms with E-state index in [2.05, 4.69) is 42.0 Å². The molecule has 0 spiro atoms. The van der Waals surface area contributed by atoms with Gasteiger partial charge in [0.1, 0.15) is 5.82 Å². The van der Waals surface area contributed by atoms with E-state index in [-0.39, 0.29) is 5.82 Å². The van der Waals surface area contributed by atoms with E-state index in [1.807, 2.05) is 12.3 Å². The molecule has 0 unspecified atom stereocenters. The lowest BCUT2D eigenvalue weighted by molar-refractivity contribution is 0.628. The zero-order chi connectivity index (χ0) is 16.7. The molecule has 0 aliphatic carbocycles. The van der Waals surface area contributed by atoms with Crippen LogP contribution in [-0.4, -0.2) is 9.97 Å². The minimum Gasteiger partial charge on any atom is -0.260 e. The van der Waals surface area contributed by atoms with Crippen molar-refractivity contribution in [1.82, 2.24) is 9.97 Å². The molecule has 2 heterocycles. The van der Waals surface area contributed by atoms with Crippen LogP contribution in [0, 0.1) is 5.82 Å². The topological polar surface area (TPSA) is 25.8 Å². The van der Waals surface area contributed by atoms with E-state index in [0.717, 1.165) is 33.1 Å². The molecule has 0 fully saturated rings. The summed E-state index contributed by atoms with van der Waals surface area (Å²) in [4.78, 5) is 9.12. The third-order valence-electron chi connectivity index (χ3n) is 4.38. The highest BCUT2D eigenvalue weighted by atomic mass is 19.1. The van der Waals surface area contributed by atoms with Crippen LogP contribution < -0.4 is 0 Å². The molecule has 0 aliphatic heterocycles. The molecule has 0 amide bonds. The van der Waals surface area contributed by atoms with Gasteiger partial charge >= 0.3 is 0 Å². The van der Waals surface area contributed by atoms with Crippen molar-refractivity contribution >= 4 is 21.5 Å². The largest absolute Gasteiger partial charge is 0.260 e. The van der Waals surface area contributed by atoms with E-state index in [1.54, 1.807) is 18.3 Å². The van der Waals surface area contributed by atoms with Gasteiger partial charge in [-0.2, -0.15) is 0 Å². The molecular weight excluding hydrogens is 299 g/mol. The lowest BCUT2D eigenvalue weighted by Gasteiger charge is -2.10. The molecule has 3 heteroatoms. The van der Waals surface area contributed by atoms with Gasteiger partial charge in [0.2, 0.25) is 0 Å². The second kappa shape index (κ2) is 5.68. The Kier molecular flexibility index (Phi) is 3.49. The molecule has 0 atom stereocenters. The second-order valence-corrected chi connectivity index (χ2v) is 6.31. The number of nitrogens with zero attached hydrogens (tertiary/aromatic N) is 2. The molecule has 0 N–H and O–H groups in total. The molecule has 0 saturated carbocycles. The van der Waals surface area contributed by atoms with Crippen molar-refractivity contribution in [2.75, 3.05) is 0 Å². The Balaban J connectivity index is 1.98. The van der Waals surface area contributed by atoms with Crippen molar-refractivity contribution in [1.29, 1.82) is 0 Å². The molecule has 4 rings (SSSR count). The first-order chi connectivity index (χ1) is 11.6. The number of fused-ring (bicyclic) bond motifs is 3. The van der Waals surface area contributed by atoms with E-state index >= 15 is 0 Å². The number of halogens is 1. The number of rotatable bonds is 2. The molecule has 2 nitrogen and oxygen atoms in total. The summed E-state index contributed by atoms with van der Waals surface area (Å²) in [6, 6.07) is 14.8. The number of aromatic nitrogens is 2. The first-order valence-electron chi connectivity index (χ1n) is 8.07. The van der Waals surface area contributed by atoms with Gasteiger partial charge in [0.05, 0.1) is 5.69 Å². The van der Waals surface area contributed by atoms with Crippen molar-refractivity contribution < 1.29 is 4.39 Å². The molecule has 0 saturated heterocycles. The first-order valence-corrected chi connectivity index (χ1v) is 8.07. The Labute approximate surface area is 140 Å². The molecule has 24 heavy (non-hydrogen) atoms. The number of hydrogen-bond acceptors (Lipinski definition) is 2. The zero-order valence-electron chi connectivity index (χ0n) is 13.6. The van der Waals surface area contributed by atoms with Crippen LogP contribution in [0.5, 0.6) is 0 Å². The quantitative estimate of drug-likeness (QED) is 0.442. The van der Waals surface area contributed by atoms with Gasteiger partial charge in [0.25, 0.3) is 0 Å². The van der Waals surface area contributed by atoms with Crippen molar-refractivity contribution in [3.05, 3.63) is 72.4 Å². The average Bonchev–Trinajstić information content (AvgIpc) is 2.61. The summed E-state index contributed by atoms with van der Waals surface area (Å²) in [6.07, 6.45) is 3.75. The summed E-state index contributed by atoms with van der Waals surface area (Å²) >= 11 is 0. The third-order valence-corrected chi connectivity index (χ3v) is 4.38. The van der Waals surface area contributed by atoms with E-state index in [4.69, 9.17) is 0 Å². The molecular formula is C21H17FN2. The number of benzene rings is 2. The van der Waals surface area contributed by atoms with Gasteiger partial charge in [-0.25, -0.2) is 4.39 Å². The maximum atomic E-state index is 13.2. The highest BCUT2D eigenvalue weighted by Crippen LogP contribution is 2.32. The molecule has 4 aromatic rings. The van der Waals surface area contributed by atoms with Crippen LogP contribution in [0.2, 0.25) is 0 Å². The monoisotopic (exact) mass is 316 g/mol. The minimum absolute atomic E-state index is 0.241. The number of pyridine rings is 2. The number of hydrogen-bond donors (Lipinski definition) is 0. The van der Waals surface area contributed by atoms with Crippen LogP contribution in [0.25, 0.3) is 32.8 Å². The maximum absolute atomic E-state index is 13.2. The molecule has 118 valence electrons. The Bertz CT molecular complexity index is 1040. The van der Waals surface area contributed by atoms with Gasteiger partial charge in [0, 0.05) is 34.4 Å². The van der Waals surface area contributed by atoms with Crippen molar-refractivity contribution in [3.8, 4) is 11.3 Å². The summed E-state index contributed by atoms with van der Waals surface area (Å²) < 4.78 is 13.2. The fraction of sp³-hybridized carbons (Fsp3) is 0.143. The van der Waals surface area contributed by atoms with Crippen molar-refractivity contribution in [3.63, 3.8) is 0 Å². The lowest BCUT2D eigenvalue weighted by Crippen LogP contribution is -1.93. The molecule has 0 radical (unpaired) electrons. The van der Waals surface area contributed by atoms with Crippen LogP contribution in [-0.2, 0) is 0 Å². The van der Waals surface area contributed by atoms with E-state index in [0.29, 0.717) is 5.92 Å². The fourth-order valence-corrected chi connectivity index (χ4v) is 3.05. The summed E-state index contributed by atoms with van der Waals surface area (Å²) in [7, 11) is 0. The van der Waals surface area contributed by atoms with E-state index < -0.39 is 0 Å². The fourth-order valence-electron chi connectivity index (χ4n) is 3.05. The third kappa shape index (κ3) is 2.42. The lowest BCUT2D eigenvalue weighted by atomic mass is 9.98. The van der Waals surface area contributed by atoms with Crippen LogP contribution in [0.15, 0.2) is 60.9 Å². The minimum atomic E-state index is -0.241. The van der Waals surface area contributed by atoms with Gasteiger partial charge in [-0.05, 0) is 53.1 Å². The predicted octanol–water partition coefficient (Wildman–Crippen LogP) is 5.71. The van der Waals surface area contributed by atoms with Gasteiger partial charge in [-0.3, -0.25) is 9.97 Å². The van der Waals surface area contributed by atoms with Gasteiger partial charge in [-0.15, -0.1) is 0 Å². The van der Waals surface area contributed by atoms with E-state index in [9.17, 15) is 4.39 Å². The normalized spacial score (nSPS) is 11.5. The SMILES string of the molecule is CC(C)c1cc2ccc3c(-c4ccc(F)cc4)nccc3c2cn1. The summed E-state index contributed by atoms with van der Waals surface area (Å²) in [5.41, 5.74) is 2.87. The Hall–Kier alpha value is -2.81. The van der Waals surface area contributed by atoms with Crippen LogP contribution >= 0.6 is 0 Å². The molecule has 0 aliphatic rings. The van der Waals surface area contributed by atoms with Gasteiger partial charge in [0.15, 0.2) is 0 Å². The van der Waals surface area contributed by atoms with E-state index in [1.165, 1.54) is 17.5 Å². The second-order valence-electron chi connectivity index (χ2n) is 6.31. The standard InChI is InChI=1S/C21H17FN2/c1-13(2)20-11-15-5-8-18-17(19(15)12-24-20)9-10-23-21(18)14-3-6-16(22)7-4-14/h3-13H,1-2H3. The summed E-state index contributed by atoms with van der Waals surface area (Å²) in [5.74, 6) is 0.159. The molecule has 2 aromatic carbocycles. The smallest absolute Gasteiger partial charge is 0.123 e. The Morgan fingerprint density at radius 3 is 2.38 bits per heavy atom. The molecule has 0 bridgehead atoms. The summed E-state index contributed by atoms with van der Waals surface area (Å²) in [6.45, 7) is 4.29. The highest BCUT2D eigenvalue weighted by molar-refractivity contribution is 6.10. The molecule has 2 aromatic heterocycles. The average molecular weight is 316 g/mol. The van der Waals surface area contributed by atoms with Crippen molar-refractivity contribution in [2.24, 2.45) is 0 Å². The predicted molar refractivity (Wildman–Crippen MR) is 96.5 cm³/mol. The highest BCUT2D eigenvalue weighted by Gasteiger charge is 2.10. The van der Waals surface area contributed by atoms with Gasteiger partial charge < -0.3 is 0 Å². The van der Waals surface area contributed by atoms with Crippen molar-refractivity contribution in [2.45, 2.75) is 19.8 Å². The van der Waals surface area contributed by atoms with Gasteiger partial charge in [-0.1, -0.05) is 26.0 Å². The maximum Gasteiger partial charge on any atom is 0.123 e.